The second kappa shape index (κ2) is 4.62. The van der Waals surface area contributed by atoms with E-state index in [9.17, 15) is 18.3 Å². The molecule has 0 aliphatic carbocycles. The van der Waals surface area contributed by atoms with Crippen molar-refractivity contribution >= 4 is 0 Å². The van der Waals surface area contributed by atoms with E-state index in [1.807, 2.05) is 0 Å². The minimum absolute atomic E-state index is 0.0898. The highest BCUT2D eigenvalue weighted by molar-refractivity contribution is 5.20. The zero-order valence-electron chi connectivity index (χ0n) is 9.75. The number of nitrogens with zero attached hydrogens (tertiary/aromatic N) is 1. The van der Waals surface area contributed by atoms with Gasteiger partial charge in [-0.05, 0) is 19.9 Å². The number of rotatable bonds is 3. The molecule has 1 atom stereocenters. The summed E-state index contributed by atoms with van der Waals surface area (Å²) >= 11 is 0. The van der Waals surface area contributed by atoms with Gasteiger partial charge in [0.2, 0.25) is 0 Å². The fraction of sp³-hybridized carbons (Fsp3) is 0.545. The molecule has 0 saturated heterocycles. The van der Waals surface area contributed by atoms with Gasteiger partial charge in [-0.3, -0.25) is 4.98 Å². The fourth-order valence-electron chi connectivity index (χ4n) is 1.38. The van der Waals surface area contributed by atoms with E-state index in [0.29, 0.717) is 5.69 Å². The average molecular weight is 249 g/mol. The van der Waals surface area contributed by atoms with Gasteiger partial charge in [0.05, 0.1) is 5.69 Å². The SMILES string of the molecule is COC(c1ccc(C(C)(C)O)nc1)C(F)(F)F. The summed E-state index contributed by atoms with van der Waals surface area (Å²) in [7, 11) is 0.988. The van der Waals surface area contributed by atoms with Gasteiger partial charge in [0, 0.05) is 18.9 Å². The van der Waals surface area contributed by atoms with Gasteiger partial charge in [-0.25, -0.2) is 0 Å². The van der Waals surface area contributed by atoms with Gasteiger partial charge >= 0.3 is 6.18 Å². The highest BCUT2D eigenvalue weighted by Crippen LogP contribution is 2.35. The molecule has 3 nitrogen and oxygen atoms in total. The van der Waals surface area contributed by atoms with E-state index in [1.165, 1.54) is 26.0 Å². The van der Waals surface area contributed by atoms with Crippen LogP contribution in [-0.4, -0.2) is 23.4 Å². The molecule has 1 N–H and O–H groups in total. The number of pyridine rings is 1. The summed E-state index contributed by atoms with van der Waals surface area (Å²) in [5, 5.41) is 9.62. The molecule has 6 heteroatoms. The summed E-state index contributed by atoms with van der Waals surface area (Å²) in [6.07, 6.45) is -5.41. The quantitative estimate of drug-likeness (QED) is 0.895. The number of hydrogen-bond acceptors (Lipinski definition) is 3. The molecule has 1 aromatic heterocycles. The second-order valence-electron chi connectivity index (χ2n) is 4.19. The molecule has 0 bridgehead atoms. The Hall–Kier alpha value is -1.14. The molecule has 0 fully saturated rings. The maximum absolute atomic E-state index is 12.5. The predicted octanol–water partition coefficient (Wildman–Crippen LogP) is 2.56. The van der Waals surface area contributed by atoms with E-state index in [1.54, 1.807) is 0 Å². The van der Waals surface area contributed by atoms with Crippen LogP contribution in [0.1, 0.15) is 31.2 Å². The van der Waals surface area contributed by atoms with E-state index in [0.717, 1.165) is 13.3 Å². The van der Waals surface area contributed by atoms with Gasteiger partial charge in [0.25, 0.3) is 0 Å². The van der Waals surface area contributed by atoms with Gasteiger partial charge in [-0.2, -0.15) is 13.2 Å². The van der Waals surface area contributed by atoms with Crippen LogP contribution in [0.4, 0.5) is 13.2 Å². The zero-order chi connectivity index (χ0) is 13.3. The standard InChI is InChI=1S/C11H14F3NO2/c1-10(2,16)8-5-4-7(6-15-8)9(17-3)11(12,13)14/h4-6,9,16H,1-3H3. The van der Waals surface area contributed by atoms with Crippen LogP contribution in [0.2, 0.25) is 0 Å². The molecule has 0 aliphatic rings. The number of hydrogen-bond donors (Lipinski definition) is 1. The van der Waals surface area contributed by atoms with Crippen molar-refractivity contribution in [3.63, 3.8) is 0 Å². The van der Waals surface area contributed by atoms with E-state index >= 15 is 0 Å². The Labute approximate surface area is 97.2 Å². The Morgan fingerprint density at radius 2 is 1.88 bits per heavy atom. The first-order chi connectivity index (χ1) is 7.66. The Morgan fingerprint density at radius 3 is 2.18 bits per heavy atom. The normalized spacial score (nSPS) is 14.8. The first-order valence-electron chi connectivity index (χ1n) is 4.94. The fourth-order valence-corrected chi connectivity index (χ4v) is 1.38. The van der Waals surface area contributed by atoms with Crippen molar-refractivity contribution in [1.29, 1.82) is 0 Å². The van der Waals surface area contributed by atoms with Crippen molar-refractivity contribution < 1.29 is 23.0 Å². The lowest BCUT2D eigenvalue weighted by Crippen LogP contribution is -2.23. The molecule has 1 unspecified atom stereocenters. The molecule has 0 amide bonds. The number of halogens is 3. The molecule has 0 aromatic carbocycles. The van der Waals surface area contributed by atoms with Crippen molar-refractivity contribution in [3.05, 3.63) is 29.6 Å². The van der Waals surface area contributed by atoms with Crippen LogP contribution in [0.15, 0.2) is 18.3 Å². The number of ether oxygens (including phenoxy) is 1. The van der Waals surface area contributed by atoms with E-state index in [2.05, 4.69) is 9.72 Å². The van der Waals surface area contributed by atoms with Crippen molar-refractivity contribution in [2.45, 2.75) is 31.7 Å². The lowest BCUT2D eigenvalue weighted by atomic mass is 10.0. The van der Waals surface area contributed by atoms with Crippen LogP contribution in [0.25, 0.3) is 0 Å². The summed E-state index contributed by atoms with van der Waals surface area (Å²) in [6.45, 7) is 3.01. The van der Waals surface area contributed by atoms with Crippen molar-refractivity contribution in [3.8, 4) is 0 Å². The summed E-state index contributed by atoms with van der Waals surface area (Å²) in [5.74, 6) is 0. The van der Waals surface area contributed by atoms with E-state index in [-0.39, 0.29) is 5.56 Å². The molecule has 1 heterocycles. The highest BCUT2D eigenvalue weighted by atomic mass is 19.4. The molecular formula is C11H14F3NO2. The molecule has 0 aliphatic heterocycles. The first-order valence-corrected chi connectivity index (χ1v) is 4.94. The number of aliphatic hydroxyl groups is 1. The van der Waals surface area contributed by atoms with Crippen LogP contribution in [0, 0.1) is 0 Å². The van der Waals surface area contributed by atoms with Crippen LogP contribution in [0.3, 0.4) is 0 Å². The molecule has 17 heavy (non-hydrogen) atoms. The van der Waals surface area contributed by atoms with Gasteiger partial charge in [0.1, 0.15) is 5.60 Å². The van der Waals surface area contributed by atoms with Crippen LogP contribution >= 0.6 is 0 Å². The van der Waals surface area contributed by atoms with Gasteiger partial charge in [-0.15, -0.1) is 0 Å². The van der Waals surface area contributed by atoms with Crippen LogP contribution in [-0.2, 0) is 10.3 Å². The third kappa shape index (κ3) is 3.41. The molecule has 0 spiro atoms. The van der Waals surface area contributed by atoms with Crippen molar-refractivity contribution in [2.24, 2.45) is 0 Å². The third-order valence-electron chi connectivity index (χ3n) is 2.25. The van der Waals surface area contributed by atoms with Gasteiger partial charge in [0.15, 0.2) is 6.10 Å². The number of alkyl halides is 3. The summed E-state index contributed by atoms with van der Waals surface area (Å²) in [5.41, 5.74) is -0.967. The van der Waals surface area contributed by atoms with Gasteiger partial charge in [-0.1, -0.05) is 6.07 Å². The zero-order valence-corrected chi connectivity index (χ0v) is 9.75. The minimum Gasteiger partial charge on any atom is -0.384 e. The Balaban J connectivity index is 3.02. The Kier molecular flexibility index (Phi) is 3.78. The maximum Gasteiger partial charge on any atom is 0.418 e. The molecule has 1 rings (SSSR count). The molecule has 1 aromatic rings. The summed E-state index contributed by atoms with van der Waals surface area (Å²) < 4.78 is 42.0. The minimum atomic E-state index is -4.48. The smallest absolute Gasteiger partial charge is 0.384 e. The van der Waals surface area contributed by atoms with Crippen LogP contribution < -0.4 is 0 Å². The topological polar surface area (TPSA) is 42.4 Å². The molecular weight excluding hydrogens is 235 g/mol. The van der Waals surface area contributed by atoms with E-state index < -0.39 is 17.9 Å². The Bertz CT molecular complexity index is 368. The third-order valence-corrected chi connectivity index (χ3v) is 2.25. The number of aromatic nitrogens is 1. The Morgan fingerprint density at radius 1 is 1.29 bits per heavy atom. The molecule has 0 radical (unpaired) electrons. The second-order valence-corrected chi connectivity index (χ2v) is 4.19. The largest absolute Gasteiger partial charge is 0.418 e. The average Bonchev–Trinajstić information content (AvgIpc) is 2.16. The number of methoxy groups -OCH3 is 1. The molecule has 0 saturated carbocycles. The first kappa shape index (κ1) is 13.9. The highest BCUT2D eigenvalue weighted by Gasteiger charge is 2.41. The van der Waals surface area contributed by atoms with Crippen molar-refractivity contribution in [2.75, 3.05) is 7.11 Å². The van der Waals surface area contributed by atoms with Gasteiger partial charge < -0.3 is 9.84 Å². The lowest BCUT2D eigenvalue weighted by molar-refractivity contribution is -0.216. The van der Waals surface area contributed by atoms with E-state index in [4.69, 9.17) is 0 Å². The summed E-state index contributed by atoms with van der Waals surface area (Å²) in [6, 6.07) is 2.61. The van der Waals surface area contributed by atoms with Crippen LogP contribution in [0.5, 0.6) is 0 Å². The predicted molar refractivity (Wildman–Crippen MR) is 55.3 cm³/mol. The maximum atomic E-state index is 12.5. The lowest BCUT2D eigenvalue weighted by Gasteiger charge is -2.20. The molecule has 96 valence electrons. The summed E-state index contributed by atoms with van der Waals surface area (Å²) in [4.78, 5) is 3.80. The van der Waals surface area contributed by atoms with Crippen molar-refractivity contribution in [1.82, 2.24) is 4.98 Å². The monoisotopic (exact) mass is 249 g/mol.